The van der Waals surface area contributed by atoms with Gasteiger partial charge < -0.3 is 19.7 Å². The Morgan fingerprint density at radius 3 is 2.54 bits per heavy atom. The van der Waals surface area contributed by atoms with Crippen LogP contribution in [0.1, 0.15) is 37.8 Å². The SMILES string of the molecule is COc1ccc(F)cc1CCn1c(=O)n(C(C)(C)C(=O)O)c(=O)c2c(C)c(-n3cccn3)sc21.OC1CCOCC1. The van der Waals surface area contributed by atoms with Crippen molar-refractivity contribution in [2.45, 2.75) is 58.2 Å². The molecule has 0 radical (unpaired) electrons. The number of aryl methyl sites for hydroxylation is 3. The van der Waals surface area contributed by atoms with Crippen LogP contribution in [0.25, 0.3) is 15.2 Å². The standard InChI is InChI=1S/C23H23FN4O5S.C5H10O2/c1-13-17-18(29)28(23(2,3)21(30)31)22(32)26(20(17)34-19(13)27-10-5-9-25-27)11-8-14-12-15(24)6-7-16(14)33-4;6-5-1-3-7-4-2-5/h5-7,9-10,12H,8,11H2,1-4H3,(H,30,31);5-6H,1-4H2. The van der Waals surface area contributed by atoms with Crippen LogP contribution in [0.3, 0.4) is 0 Å². The molecule has 1 aliphatic rings. The number of methoxy groups -OCH3 is 1. The Bertz CT molecular complexity index is 1650. The van der Waals surface area contributed by atoms with Gasteiger partial charge in [-0.2, -0.15) is 5.10 Å². The van der Waals surface area contributed by atoms with Crippen molar-refractivity contribution in [3.63, 3.8) is 0 Å². The number of aliphatic hydroxyl groups excluding tert-OH is 1. The molecule has 0 amide bonds. The summed E-state index contributed by atoms with van der Waals surface area (Å²) in [6, 6.07) is 5.84. The van der Waals surface area contributed by atoms with Crippen molar-refractivity contribution < 1.29 is 28.9 Å². The Labute approximate surface area is 239 Å². The first-order valence-corrected chi connectivity index (χ1v) is 13.9. The predicted molar refractivity (Wildman–Crippen MR) is 152 cm³/mol. The molecule has 11 nitrogen and oxygen atoms in total. The number of carboxylic acid groups (broad SMARTS) is 1. The summed E-state index contributed by atoms with van der Waals surface area (Å²) in [4.78, 5) is 39.4. The Hall–Kier alpha value is -3.81. The van der Waals surface area contributed by atoms with Crippen LogP contribution in [0.4, 0.5) is 4.39 Å². The molecule has 0 bridgehead atoms. The minimum Gasteiger partial charge on any atom is -0.496 e. The minimum absolute atomic E-state index is 0.0730. The van der Waals surface area contributed by atoms with Crippen LogP contribution >= 0.6 is 11.3 Å². The summed E-state index contributed by atoms with van der Waals surface area (Å²) in [5, 5.41) is 23.7. The summed E-state index contributed by atoms with van der Waals surface area (Å²) in [7, 11) is 1.47. The number of rotatable bonds is 7. The van der Waals surface area contributed by atoms with Gasteiger partial charge in [0.15, 0.2) is 0 Å². The number of carboxylic acids is 1. The highest BCUT2D eigenvalue weighted by Gasteiger charge is 2.35. The first-order chi connectivity index (χ1) is 19.5. The molecule has 1 aromatic carbocycles. The fraction of sp³-hybridized carbons (Fsp3) is 0.429. The van der Waals surface area contributed by atoms with Gasteiger partial charge in [-0.15, -0.1) is 0 Å². The van der Waals surface area contributed by atoms with Gasteiger partial charge in [0.2, 0.25) is 0 Å². The van der Waals surface area contributed by atoms with E-state index >= 15 is 0 Å². The minimum atomic E-state index is -1.79. The number of halogens is 1. The first kappa shape index (κ1) is 30.2. The van der Waals surface area contributed by atoms with E-state index in [0.717, 1.165) is 30.6 Å². The molecule has 220 valence electrons. The normalized spacial score (nSPS) is 14.1. The molecular formula is C28H33FN4O7S. The smallest absolute Gasteiger partial charge is 0.333 e. The zero-order valence-electron chi connectivity index (χ0n) is 23.3. The van der Waals surface area contributed by atoms with Gasteiger partial charge in [-0.25, -0.2) is 23.2 Å². The monoisotopic (exact) mass is 588 g/mol. The number of thiophene rings is 1. The lowest BCUT2D eigenvalue weighted by Crippen LogP contribution is -2.52. The van der Waals surface area contributed by atoms with Crippen molar-refractivity contribution >= 4 is 27.5 Å². The second kappa shape index (κ2) is 12.4. The third kappa shape index (κ3) is 6.11. The molecular weight excluding hydrogens is 555 g/mol. The van der Waals surface area contributed by atoms with Crippen molar-refractivity contribution in [3.05, 3.63) is 74.4 Å². The van der Waals surface area contributed by atoms with E-state index in [9.17, 15) is 23.9 Å². The average Bonchev–Trinajstić information content (AvgIpc) is 3.57. The van der Waals surface area contributed by atoms with Crippen molar-refractivity contribution in [2.24, 2.45) is 0 Å². The second-order valence-electron chi connectivity index (χ2n) is 10.2. The van der Waals surface area contributed by atoms with Crippen LogP contribution in [0.5, 0.6) is 5.75 Å². The molecule has 0 spiro atoms. The Balaban J connectivity index is 0.000000483. The first-order valence-electron chi connectivity index (χ1n) is 13.1. The maximum atomic E-state index is 13.9. The lowest BCUT2D eigenvalue weighted by molar-refractivity contribution is -0.146. The number of hydrogen-bond donors (Lipinski definition) is 2. The zero-order chi connectivity index (χ0) is 29.9. The van der Waals surface area contributed by atoms with E-state index in [1.165, 1.54) is 55.1 Å². The molecule has 3 aromatic heterocycles. The average molecular weight is 589 g/mol. The Kier molecular flexibility index (Phi) is 9.10. The number of aromatic nitrogens is 4. The molecule has 1 aliphatic heterocycles. The van der Waals surface area contributed by atoms with E-state index < -0.39 is 28.6 Å². The van der Waals surface area contributed by atoms with Crippen LogP contribution < -0.4 is 16.0 Å². The van der Waals surface area contributed by atoms with E-state index in [1.54, 1.807) is 30.1 Å². The number of aliphatic carboxylic acids is 1. The highest BCUT2D eigenvalue weighted by molar-refractivity contribution is 7.21. The number of aliphatic hydroxyl groups is 1. The highest BCUT2D eigenvalue weighted by atomic mass is 32.1. The largest absolute Gasteiger partial charge is 0.496 e. The maximum absolute atomic E-state index is 13.9. The van der Waals surface area contributed by atoms with E-state index in [1.807, 2.05) is 0 Å². The number of nitrogens with zero attached hydrogens (tertiary/aromatic N) is 4. The van der Waals surface area contributed by atoms with Gasteiger partial charge >= 0.3 is 11.7 Å². The Morgan fingerprint density at radius 1 is 1.27 bits per heavy atom. The van der Waals surface area contributed by atoms with Gasteiger partial charge in [0.25, 0.3) is 5.56 Å². The van der Waals surface area contributed by atoms with Gasteiger partial charge in [0, 0.05) is 37.7 Å². The molecule has 5 rings (SSSR count). The van der Waals surface area contributed by atoms with Crippen molar-refractivity contribution in [1.29, 1.82) is 0 Å². The van der Waals surface area contributed by atoms with Crippen LogP contribution in [-0.2, 0) is 28.0 Å². The van der Waals surface area contributed by atoms with E-state index in [-0.39, 0.29) is 24.5 Å². The van der Waals surface area contributed by atoms with Crippen LogP contribution in [0, 0.1) is 12.7 Å². The summed E-state index contributed by atoms with van der Waals surface area (Å²) in [5.41, 5.74) is -2.10. The summed E-state index contributed by atoms with van der Waals surface area (Å²) < 4.78 is 27.9. The summed E-state index contributed by atoms with van der Waals surface area (Å²) in [5.74, 6) is -1.30. The molecule has 0 aliphatic carbocycles. The quantitative estimate of drug-likeness (QED) is 0.336. The molecule has 41 heavy (non-hydrogen) atoms. The molecule has 0 saturated carbocycles. The molecule has 4 heterocycles. The fourth-order valence-electron chi connectivity index (χ4n) is 4.59. The molecule has 4 aromatic rings. The lowest BCUT2D eigenvalue weighted by atomic mass is 10.1. The fourth-order valence-corrected chi connectivity index (χ4v) is 5.85. The molecule has 0 atom stereocenters. The number of hydrogen-bond acceptors (Lipinski definition) is 8. The number of benzene rings is 1. The molecule has 1 saturated heterocycles. The van der Waals surface area contributed by atoms with E-state index in [4.69, 9.17) is 14.6 Å². The Morgan fingerprint density at radius 2 is 1.98 bits per heavy atom. The second-order valence-corrected chi connectivity index (χ2v) is 11.1. The number of carbonyl (C=O) groups is 1. The summed E-state index contributed by atoms with van der Waals surface area (Å²) >= 11 is 1.21. The zero-order valence-corrected chi connectivity index (χ0v) is 24.1. The molecule has 13 heteroatoms. The lowest BCUT2D eigenvalue weighted by Gasteiger charge is -2.23. The molecule has 0 unspecified atom stereocenters. The summed E-state index contributed by atoms with van der Waals surface area (Å²) in [6.07, 6.45) is 5.08. The van der Waals surface area contributed by atoms with Gasteiger partial charge in [0.1, 0.15) is 26.9 Å². The van der Waals surface area contributed by atoms with Crippen LogP contribution in [0.15, 0.2) is 46.2 Å². The topological polar surface area (TPSA) is 138 Å². The third-order valence-corrected chi connectivity index (χ3v) is 8.32. The maximum Gasteiger partial charge on any atom is 0.333 e. The van der Waals surface area contributed by atoms with Gasteiger partial charge in [-0.05, 0) is 69.9 Å². The van der Waals surface area contributed by atoms with Gasteiger partial charge in [0.05, 0.1) is 18.6 Å². The van der Waals surface area contributed by atoms with E-state index in [2.05, 4.69) is 5.10 Å². The third-order valence-electron chi connectivity index (χ3n) is 7.02. The van der Waals surface area contributed by atoms with Crippen molar-refractivity contribution in [1.82, 2.24) is 18.9 Å². The molecule has 2 N–H and O–H groups in total. The predicted octanol–water partition coefficient (Wildman–Crippen LogP) is 3.09. The van der Waals surface area contributed by atoms with Crippen LogP contribution in [-0.4, -0.2) is 61.5 Å². The highest BCUT2D eigenvalue weighted by Crippen LogP contribution is 2.31. The molecule has 1 fully saturated rings. The van der Waals surface area contributed by atoms with Crippen molar-refractivity contribution in [3.8, 4) is 10.8 Å². The summed E-state index contributed by atoms with van der Waals surface area (Å²) in [6.45, 7) is 5.89. The van der Waals surface area contributed by atoms with Crippen LogP contribution in [0.2, 0.25) is 0 Å². The van der Waals surface area contributed by atoms with Crippen molar-refractivity contribution in [2.75, 3.05) is 20.3 Å². The van der Waals surface area contributed by atoms with E-state index in [0.29, 0.717) is 26.7 Å². The number of ether oxygens (including phenoxy) is 2. The van der Waals surface area contributed by atoms with Gasteiger partial charge in [-0.1, -0.05) is 11.3 Å². The van der Waals surface area contributed by atoms with Gasteiger partial charge in [-0.3, -0.25) is 9.36 Å². The number of fused-ring (bicyclic) bond motifs is 1.